The van der Waals surface area contributed by atoms with E-state index >= 15 is 0 Å². The van der Waals surface area contributed by atoms with E-state index in [0.29, 0.717) is 16.9 Å². The quantitative estimate of drug-likeness (QED) is 0.740. The first-order valence-electron chi connectivity index (χ1n) is 9.09. The second-order valence-corrected chi connectivity index (χ2v) is 9.91. The Balaban J connectivity index is 3.28. The van der Waals surface area contributed by atoms with Gasteiger partial charge in [0.05, 0.1) is 0 Å². The molecule has 0 bridgehead atoms. The Bertz CT molecular complexity index is 686. The van der Waals surface area contributed by atoms with Crippen LogP contribution in [0.5, 0.6) is 0 Å². The number of carbonyl (C=O) groups is 3. The molecule has 1 aromatic rings. The summed E-state index contributed by atoms with van der Waals surface area (Å²) in [6, 6.07) is 4.87. The maximum absolute atomic E-state index is 12.6. The highest BCUT2D eigenvalue weighted by Crippen LogP contribution is 2.25. The van der Waals surface area contributed by atoms with E-state index in [2.05, 4.69) is 16.0 Å². The molecule has 0 unspecified atom stereocenters. The summed E-state index contributed by atoms with van der Waals surface area (Å²) in [5.74, 6) is -0.631. The summed E-state index contributed by atoms with van der Waals surface area (Å²) in [5.41, 5.74) is -0.296. The standard InChI is InChI=1S/C21H33N3O3/c1-19(2,3)17(26)22-14-10-13(16(25)24-21(7,8)9)11-15(12-14)23-18(27)20(4,5)6/h10-12H,1-9H3,(H,22,26)(H,23,27)(H,24,25). The number of anilines is 2. The first-order valence-corrected chi connectivity index (χ1v) is 9.09. The Hall–Kier alpha value is -2.37. The van der Waals surface area contributed by atoms with E-state index in [-0.39, 0.29) is 17.7 Å². The van der Waals surface area contributed by atoms with Gasteiger partial charge in [0.15, 0.2) is 0 Å². The lowest BCUT2D eigenvalue weighted by molar-refractivity contribution is -0.123. The van der Waals surface area contributed by atoms with Gasteiger partial charge in [-0.25, -0.2) is 0 Å². The summed E-state index contributed by atoms with van der Waals surface area (Å²) in [6.45, 7) is 16.5. The molecule has 0 aliphatic rings. The molecular formula is C21H33N3O3. The molecular weight excluding hydrogens is 342 g/mol. The summed E-state index contributed by atoms with van der Waals surface area (Å²) >= 11 is 0. The topological polar surface area (TPSA) is 87.3 Å². The van der Waals surface area contributed by atoms with Crippen LogP contribution in [-0.4, -0.2) is 23.3 Å². The van der Waals surface area contributed by atoms with E-state index in [9.17, 15) is 14.4 Å². The molecule has 3 N–H and O–H groups in total. The van der Waals surface area contributed by atoms with Gasteiger partial charge < -0.3 is 16.0 Å². The molecule has 0 saturated carbocycles. The van der Waals surface area contributed by atoms with Crippen LogP contribution in [0.3, 0.4) is 0 Å². The van der Waals surface area contributed by atoms with Crippen LogP contribution < -0.4 is 16.0 Å². The second-order valence-electron chi connectivity index (χ2n) is 9.91. The molecule has 6 heteroatoms. The van der Waals surface area contributed by atoms with E-state index in [0.717, 1.165) is 0 Å². The van der Waals surface area contributed by atoms with E-state index in [1.165, 1.54) is 0 Å². The molecule has 0 spiro atoms. The van der Waals surface area contributed by atoms with Gasteiger partial charge in [-0.05, 0) is 39.0 Å². The second kappa shape index (κ2) is 7.71. The molecule has 3 amide bonds. The summed E-state index contributed by atoms with van der Waals surface area (Å²) in [7, 11) is 0. The van der Waals surface area contributed by atoms with Gasteiger partial charge >= 0.3 is 0 Å². The van der Waals surface area contributed by atoms with E-state index in [4.69, 9.17) is 0 Å². The van der Waals surface area contributed by atoms with Crippen LogP contribution in [0.2, 0.25) is 0 Å². The SMILES string of the molecule is CC(C)(C)NC(=O)c1cc(NC(=O)C(C)(C)C)cc(NC(=O)C(C)(C)C)c1. The zero-order valence-corrected chi connectivity index (χ0v) is 18.0. The van der Waals surface area contributed by atoms with Crippen molar-refractivity contribution in [3.8, 4) is 0 Å². The molecule has 0 radical (unpaired) electrons. The first-order chi connectivity index (χ1) is 12.0. The van der Waals surface area contributed by atoms with Crippen LogP contribution in [0.1, 0.15) is 72.7 Å². The van der Waals surface area contributed by atoms with Crippen molar-refractivity contribution in [2.75, 3.05) is 10.6 Å². The minimum atomic E-state index is -0.585. The number of amides is 3. The molecule has 0 fully saturated rings. The van der Waals surface area contributed by atoms with Crippen LogP contribution in [0, 0.1) is 10.8 Å². The van der Waals surface area contributed by atoms with Gasteiger partial charge in [0, 0.05) is 33.3 Å². The summed E-state index contributed by atoms with van der Waals surface area (Å²) in [5, 5.41) is 8.54. The van der Waals surface area contributed by atoms with Gasteiger partial charge in [0.1, 0.15) is 0 Å². The zero-order chi connectivity index (χ0) is 21.2. The summed E-state index contributed by atoms with van der Waals surface area (Å²) < 4.78 is 0. The number of carbonyl (C=O) groups excluding carboxylic acids is 3. The highest BCUT2D eigenvalue weighted by atomic mass is 16.2. The maximum atomic E-state index is 12.6. The average molecular weight is 376 g/mol. The molecule has 6 nitrogen and oxygen atoms in total. The van der Waals surface area contributed by atoms with Crippen molar-refractivity contribution < 1.29 is 14.4 Å². The van der Waals surface area contributed by atoms with Gasteiger partial charge in [0.25, 0.3) is 5.91 Å². The normalized spacial score (nSPS) is 12.3. The van der Waals surface area contributed by atoms with Gasteiger partial charge in [0.2, 0.25) is 11.8 Å². The van der Waals surface area contributed by atoms with Crippen molar-refractivity contribution in [3.63, 3.8) is 0 Å². The Morgan fingerprint density at radius 1 is 0.667 bits per heavy atom. The Labute approximate surface area is 162 Å². The predicted octanol–water partition coefficient (Wildman–Crippen LogP) is 4.18. The Morgan fingerprint density at radius 2 is 1.04 bits per heavy atom. The fraction of sp³-hybridized carbons (Fsp3) is 0.571. The molecule has 0 heterocycles. The van der Waals surface area contributed by atoms with Crippen molar-refractivity contribution in [1.29, 1.82) is 0 Å². The Kier molecular flexibility index (Phi) is 6.47. The maximum Gasteiger partial charge on any atom is 0.251 e. The Morgan fingerprint density at radius 3 is 1.33 bits per heavy atom. The molecule has 150 valence electrons. The highest BCUT2D eigenvalue weighted by Gasteiger charge is 2.24. The summed E-state index contributed by atoms with van der Waals surface area (Å²) in [6.07, 6.45) is 0. The smallest absolute Gasteiger partial charge is 0.251 e. The molecule has 0 aliphatic carbocycles. The van der Waals surface area contributed by atoms with Crippen LogP contribution in [0.4, 0.5) is 11.4 Å². The minimum absolute atomic E-state index is 0.177. The highest BCUT2D eigenvalue weighted by molar-refractivity contribution is 6.02. The van der Waals surface area contributed by atoms with Crippen LogP contribution in [0.15, 0.2) is 18.2 Å². The van der Waals surface area contributed by atoms with Crippen molar-refractivity contribution in [2.24, 2.45) is 10.8 Å². The molecule has 0 atom stereocenters. The lowest BCUT2D eigenvalue weighted by atomic mass is 9.95. The zero-order valence-electron chi connectivity index (χ0n) is 18.0. The average Bonchev–Trinajstić information content (AvgIpc) is 2.43. The van der Waals surface area contributed by atoms with Crippen molar-refractivity contribution in [2.45, 2.75) is 67.9 Å². The molecule has 1 aromatic carbocycles. The monoisotopic (exact) mass is 375 g/mol. The predicted molar refractivity (Wildman–Crippen MR) is 110 cm³/mol. The number of benzene rings is 1. The fourth-order valence-electron chi connectivity index (χ4n) is 1.95. The molecule has 0 aromatic heterocycles. The largest absolute Gasteiger partial charge is 0.347 e. The number of rotatable bonds is 3. The van der Waals surface area contributed by atoms with E-state index in [1.54, 1.807) is 59.7 Å². The van der Waals surface area contributed by atoms with Crippen LogP contribution in [-0.2, 0) is 9.59 Å². The summed E-state index contributed by atoms with van der Waals surface area (Å²) in [4.78, 5) is 37.3. The molecule has 0 saturated heterocycles. The molecule has 1 rings (SSSR count). The van der Waals surface area contributed by atoms with Crippen molar-refractivity contribution >= 4 is 29.1 Å². The van der Waals surface area contributed by atoms with Gasteiger partial charge in [-0.15, -0.1) is 0 Å². The number of hydrogen-bond acceptors (Lipinski definition) is 3. The third-order valence-corrected chi connectivity index (χ3v) is 3.56. The molecule has 27 heavy (non-hydrogen) atoms. The van der Waals surface area contributed by atoms with Gasteiger partial charge in [-0.3, -0.25) is 14.4 Å². The van der Waals surface area contributed by atoms with E-state index < -0.39 is 16.4 Å². The lowest BCUT2D eigenvalue weighted by Crippen LogP contribution is -2.40. The van der Waals surface area contributed by atoms with Crippen molar-refractivity contribution in [3.05, 3.63) is 23.8 Å². The number of hydrogen-bond donors (Lipinski definition) is 3. The van der Waals surface area contributed by atoms with Gasteiger partial charge in [-0.1, -0.05) is 41.5 Å². The van der Waals surface area contributed by atoms with Crippen molar-refractivity contribution in [1.82, 2.24) is 5.32 Å². The third-order valence-electron chi connectivity index (χ3n) is 3.56. The van der Waals surface area contributed by atoms with Crippen LogP contribution >= 0.6 is 0 Å². The fourth-order valence-corrected chi connectivity index (χ4v) is 1.95. The molecule has 0 aliphatic heterocycles. The van der Waals surface area contributed by atoms with Gasteiger partial charge in [-0.2, -0.15) is 0 Å². The third kappa shape index (κ3) is 7.41. The van der Waals surface area contributed by atoms with E-state index in [1.807, 2.05) is 20.8 Å². The lowest BCUT2D eigenvalue weighted by Gasteiger charge is -2.23. The first kappa shape index (κ1) is 22.7. The minimum Gasteiger partial charge on any atom is -0.347 e. The van der Waals surface area contributed by atoms with Crippen LogP contribution in [0.25, 0.3) is 0 Å². The number of nitrogens with one attached hydrogen (secondary N) is 3.